The predicted molar refractivity (Wildman–Crippen MR) is 118 cm³/mol. The number of methoxy groups -OCH3 is 1. The van der Waals surface area contributed by atoms with Crippen molar-refractivity contribution >= 4 is 12.0 Å². The molecule has 0 radical (unpaired) electrons. The van der Waals surface area contributed by atoms with Gasteiger partial charge in [-0.25, -0.2) is 0 Å². The second-order valence-corrected chi connectivity index (χ2v) is 8.67. The molecule has 0 aromatic heterocycles. The summed E-state index contributed by atoms with van der Waals surface area (Å²) in [4.78, 5) is 12.5. The van der Waals surface area contributed by atoms with E-state index in [2.05, 4.69) is 64.2 Å². The zero-order valence-corrected chi connectivity index (χ0v) is 18.0. The van der Waals surface area contributed by atoms with Crippen molar-refractivity contribution in [2.45, 2.75) is 52.5 Å². The Kier molecular flexibility index (Phi) is 7.45. The molecule has 1 amide bonds. The van der Waals surface area contributed by atoms with Gasteiger partial charge in [0.25, 0.3) is 0 Å². The van der Waals surface area contributed by atoms with E-state index >= 15 is 0 Å². The second-order valence-electron chi connectivity index (χ2n) is 8.67. The van der Waals surface area contributed by atoms with Crippen molar-refractivity contribution in [2.75, 3.05) is 7.11 Å². The second kappa shape index (κ2) is 9.59. The highest BCUT2D eigenvalue weighted by Crippen LogP contribution is 2.24. The van der Waals surface area contributed by atoms with Crippen LogP contribution in [-0.2, 0) is 10.2 Å². The van der Waals surface area contributed by atoms with E-state index in [1.54, 1.807) is 13.2 Å². The molecule has 0 spiro atoms. The van der Waals surface area contributed by atoms with Gasteiger partial charge in [0, 0.05) is 6.08 Å². The van der Waals surface area contributed by atoms with E-state index in [-0.39, 0.29) is 17.4 Å². The molecule has 0 saturated heterocycles. The van der Waals surface area contributed by atoms with Gasteiger partial charge in [0.15, 0.2) is 0 Å². The number of carbonyl (C=O) groups is 1. The van der Waals surface area contributed by atoms with Gasteiger partial charge in [-0.05, 0) is 52.7 Å². The van der Waals surface area contributed by atoms with E-state index in [1.165, 1.54) is 5.56 Å². The van der Waals surface area contributed by atoms with Gasteiger partial charge in [0.2, 0.25) is 5.91 Å². The molecule has 1 atom stereocenters. The Labute approximate surface area is 169 Å². The largest absolute Gasteiger partial charge is 0.497 e. The molecular formula is C25H33NO2. The summed E-state index contributed by atoms with van der Waals surface area (Å²) in [6.45, 7) is 10.9. The smallest absolute Gasteiger partial charge is 0.244 e. The minimum absolute atomic E-state index is 0.0219. The van der Waals surface area contributed by atoms with Gasteiger partial charge in [-0.1, -0.05) is 71.0 Å². The van der Waals surface area contributed by atoms with Crippen molar-refractivity contribution in [2.24, 2.45) is 5.92 Å². The van der Waals surface area contributed by atoms with Crippen LogP contribution in [0.5, 0.6) is 5.75 Å². The van der Waals surface area contributed by atoms with Gasteiger partial charge in [-0.2, -0.15) is 0 Å². The molecular weight excluding hydrogens is 346 g/mol. The zero-order valence-electron chi connectivity index (χ0n) is 18.0. The Hall–Kier alpha value is -2.55. The van der Waals surface area contributed by atoms with Crippen LogP contribution in [0.4, 0.5) is 0 Å². The molecule has 150 valence electrons. The fraction of sp³-hybridized carbons (Fsp3) is 0.400. The van der Waals surface area contributed by atoms with Crippen LogP contribution >= 0.6 is 0 Å². The minimum atomic E-state index is -0.0821. The van der Waals surface area contributed by atoms with Crippen LogP contribution in [0.15, 0.2) is 54.6 Å². The standard InChI is InChI=1S/C25H33NO2/c1-18(2)17-23(20-10-14-22(28-6)15-11-20)26-24(27)16-9-19-7-12-21(13-8-19)25(3,4)5/h7-16,18,23H,17H2,1-6H3,(H,26,27)/b16-9+. The van der Waals surface area contributed by atoms with Crippen LogP contribution < -0.4 is 10.1 Å². The maximum atomic E-state index is 12.5. The lowest BCUT2D eigenvalue weighted by atomic mass is 9.87. The average Bonchev–Trinajstić information content (AvgIpc) is 2.65. The summed E-state index contributed by atoms with van der Waals surface area (Å²) in [7, 11) is 1.65. The van der Waals surface area contributed by atoms with E-state index in [0.717, 1.165) is 23.3 Å². The number of amides is 1. The highest BCUT2D eigenvalue weighted by molar-refractivity contribution is 5.92. The summed E-state index contributed by atoms with van der Waals surface area (Å²) in [5, 5.41) is 3.14. The lowest BCUT2D eigenvalue weighted by molar-refractivity contribution is -0.117. The van der Waals surface area contributed by atoms with E-state index in [9.17, 15) is 4.79 Å². The number of hydrogen-bond donors (Lipinski definition) is 1. The summed E-state index contributed by atoms with van der Waals surface area (Å²) in [5.74, 6) is 1.21. The van der Waals surface area contributed by atoms with Crippen molar-refractivity contribution in [1.29, 1.82) is 0 Å². The molecule has 0 saturated carbocycles. The highest BCUT2D eigenvalue weighted by atomic mass is 16.5. The van der Waals surface area contributed by atoms with E-state index in [4.69, 9.17) is 4.74 Å². The molecule has 28 heavy (non-hydrogen) atoms. The number of rotatable bonds is 7. The van der Waals surface area contributed by atoms with Gasteiger partial charge in [0.05, 0.1) is 13.2 Å². The minimum Gasteiger partial charge on any atom is -0.497 e. The molecule has 1 N–H and O–H groups in total. The van der Waals surface area contributed by atoms with Gasteiger partial charge >= 0.3 is 0 Å². The van der Waals surface area contributed by atoms with Gasteiger partial charge in [-0.3, -0.25) is 4.79 Å². The number of ether oxygens (including phenoxy) is 1. The van der Waals surface area contributed by atoms with Crippen LogP contribution in [0.2, 0.25) is 0 Å². The monoisotopic (exact) mass is 379 g/mol. The average molecular weight is 380 g/mol. The lowest BCUT2D eigenvalue weighted by Gasteiger charge is -2.21. The molecule has 0 aliphatic heterocycles. The first-order valence-electron chi connectivity index (χ1n) is 9.92. The molecule has 0 fully saturated rings. The van der Waals surface area contributed by atoms with E-state index in [0.29, 0.717) is 5.92 Å². The van der Waals surface area contributed by atoms with E-state index in [1.807, 2.05) is 30.3 Å². The predicted octanol–water partition coefficient (Wildman–Crippen LogP) is 5.91. The molecule has 2 aromatic carbocycles. The number of hydrogen-bond acceptors (Lipinski definition) is 2. The highest BCUT2D eigenvalue weighted by Gasteiger charge is 2.15. The quantitative estimate of drug-likeness (QED) is 0.607. The third-order valence-electron chi connectivity index (χ3n) is 4.75. The van der Waals surface area contributed by atoms with Crippen molar-refractivity contribution in [3.8, 4) is 5.75 Å². The third-order valence-corrected chi connectivity index (χ3v) is 4.75. The SMILES string of the molecule is COc1ccc(C(CC(C)C)NC(=O)/C=C/c2ccc(C(C)(C)C)cc2)cc1. The molecule has 2 aromatic rings. The zero-order chi connectivity index (χ0) is 20.7. The summed E-state index contributed by atoms with van der Waals surface area (Å²) in [6.07, 6.45) is 4.36. The molecule has 0 aliphatic rings. The topological polar surface area (TPSA) is 38.3 Å². The van der Waals surface area contributed by atoms with Crippen molar-refractivity contribution in [1.82, 2.24) is 5.32 Å². The van der Waals surface area contributed by atoms with E-state index < -0.39 is 0 Å². The first kappa shape index (κ1) is 21.7. The molecule has 0 heterocycles. The summed E-state index contributed by atoms with van der Waals surface area (Å²) >= 11 is 0. The first-order chi connectivity index (χ1) is 13.2. The molecule has 0 aliphatic carbocycles. The number of benzene rings is 2. The van der Waals surface area contributed by atoms with Gasteiger partial charge in [-0.15, -0.1) is 0 Å². The van der Waals surface area contributed by atoms with Crippen LogP contribution in [0.25, 0.3) is 6.08 Å². The lowest BCUT2D eigenvalue weighted by Crippen LogP contribution is -2.27. The summed E-state index contributed by atoms with van der Waals surface area (Å²) in [5.41, 5.74) is 3.52. The Morgan fingerprint density at radius 3 is 2.14 bits per heavy atom. The van der Waals surface area contributed by atoms with Crippen molar-refractivity contribution in [3.63, 3.8) is 0 Å². The maximum absolute atomic E-state index is 12.5. The Morgan fingerprint density at radius 1 is 1.04 bits per heavy atom. The molecule has 3 nitrogen and oxygen atoms in total. The number of nitrogens with one attached hydrogen (secondary N) is 1. The third kappa shape index (κ3) is 6.56. The van der Waals surface area contributed by atoms with Crippen LogP contribution in [0.1, 0.15) is 63.8 Å². The fourth-order valence-corrected chi connectivity index (χ4v) is 3.07. The number of carbonyl (C=O) groups excluding carboxylic acids is 1. The Bertz CT molecular complexity index is 781. The van der Waals surface area contributed by atoms with Crippen molar-refractivity contribution < 1.29 is 9.53 Å². The van der Waals surface area contributed by atoms with Crippen LogP contribution in [-0.4, -0.2) is 13.0 Å². The Balaban J connectivity index is 2.07. The molecule has 2 rings (SSSR count). The van der Waals surface area contributed by atoms with Crippen LogP contribution in [0, 0.1) is 5.92 Å². The summed E-state index contributed by atoms with van der Waals surface area (Å²) in [6, 6.07) is 16.2. The molecule has 1 unspecified atom stereocenters. The summed E-state index contributed by atoms with van der Waals surface area (Å²) < 4.78 is 5.23. The van der Waals surface area contributed by atoms with Crippen LogP contribution in [0.3, 0.4) is 0 Å². The maximum Gasteiger partial charge on any atom is 0.244 e. The molecule has 3 heteroatoms. The normalized spacial score (nSPS) is 13.0. The van der Waals surface area contributed by atoms with Gasteiger partial charge < -0.3 is 10.1 Å². The molecule has 0 bridgehead atoms. The first-order valence-corrected chi connectivity index (χ1v) is 9.92. The Morgan fingerprint density at radius 2 is 1.64 bits per heavy atom. The van der Waals surface area contributed by atoms with Crippen molar-refractivity contribution in [3.05, 3.63) is 71.3 Å². The fourth-order valence-electron chi connectivity index (χ4n) is 3.07. The van der Waals surface area contributed by atoms with Gasteiger partial charge in [0.1, 0.15) is 5.75 Å².